The predicted molar refractivity (Wildman–Crippen MR) is 129 cm³/mol. The van der Waals surface area contributed by atoms with E-state index in [1.165, 1.54) is 11.8 Å². The Morgan fingerprint density at radius 1 is 1.09 bits per heavy atom. The lowest BCUT2D eigenvalue weighted by atomic mass is 10.1. The zero-order chi connectivity index (χ0) is 24.1. The topological polar surface area (TPSA) is 104 Å². The van der Waals surface area contributed by atoms with E-state index >= 15 is 0 Å². The van der Waals surface area contributed by atoms with Gasteiger partial charge >= 0.3 is 0 Å². The van der Waals surface area contributed by atoms with E-state index in [9.17, 15) is 4.79 Å². The molecule has 0 saturated heterocycles. The number of rotatable bonds is 9. The highest BCUT2D eigenvalue weighted by atomic mass is 32.2. The number of methoxy groups -OCH3 is 1. The van der Waals surface area contributed by atoms with Gasteiger partial charge < -0.3 is 14.8 Å². The number of hydrogen-bond donors (Lipinski definition) is 1. The molecule has 0 spiro atoms. The minimum absolute atomic E-state index is 0.102. The molecule has 10 heteroatoms. The molecule has 0 unspecified atom stereocenters. The fraction of sp³-hybridized carbons (Fsp3) is 0.292. The number of fused-ring (bicyclic) bond motifs is 1. The van der Waals surface area contributed by atoms with Crippen LogP contribution in [0.25, 0.3) is 5.78 Å². The Labute approximate surface area is 201 Å². The maximum absolute atomic E-state index is 12.7. The molecule has 3 aromatic heterocycles. The summed E-state index contributed by atoms with van der Waals surface area (Å²) >= 11 is 1.46. The van der Waals surface area contributed by atoms with Gasteiger partial charge in [0, 0.05) is 35.9 Å². The van der Waals surface area contributed by atoms with Crippen molar-refractivity contribution >= 4 is 23.4 Å². The highest BCUT2D eigenvalue weighted by molar-refractivity contribution is 7.98. The van der Waals surface area contributed by atoms with Gasteiger partial charge in [-0.1, -0.05) is 17.8 Å². The van der Waals surface area contributed by atoms with Gasteiger partial charge in [0.15, 0.2) is 11.5 Å². The Kier molecular flexibility index (Phi) is 7.27. The molecule has 1 amide bonds. The molecule has 4 rings (SSSR count). The fourth-order valence-electron chi connectivity index (χ4n) is 3.54. The van der Waals surface area contributed by atoms with Gasteiger partial charge in [-0.25, -0.2) is 9.50 Å². The van der Waals surface area contributed by atoms with Gasteiger partial charge in [0.25, 0.3) is 5.78 Å². The predicted octanol–water partition coefficient (Wildman–Crippen LogP) is 3.30. The lowest BCUT2D eigenvalue weighted by Gasteiger charge is -2.13. The van der Waals surface area contributed by atoms with Gasteiger partial charge in [-0.2, -0.15) is 4.98 Å². The summed E-state index contributed by atoms with van der Waals surface area (Å²) in [6.45, 7) is 4.60. The van der Waals surface area contributed by atoms with E-state index < -0.39 is 0 Å². The average molecular weight is 479 g/mol. The van der Waals surface area contributed by atoms with Crippen LogP contribution in [0.4, 0.5) is 0 Å². The number of aromatic nitrogens is 5. The Morgan fingerprint density at radius 2 is 1.88 bits per heavy atom. The van der Waals surface area contributed by atoms with Crippen molar-refractivity contribution in [2.24, 2.45) is 0 Å². The van der Waals surface area contributed by atoms with Gasteiger partial charge in [-0.3, -0.25) is 9.78 Å². The lowest BCUT2D eigenvalue weighted by Crippen LogP contribution is -2.26. The first kappa shape index (κ1) is 23.5. The maximum Gasteiger partial charge on any atom is 0.253 e. The number of benzene rings is 1. The van der Waals surface area contributed by atoms with Crippen LogP contribution in [0.15, 0.2) is 47.9 Å². The molecule has 0 fully saturated rings. The van der Waals surface area contributed by atoms with E-state index in [1.807, 2.05) is 50.4 Å². The monoisotopic (exact) mass is 478 g/mol. The highest BCUT2D eigenvalue weighted by Crippen LogP contribution is 2.29. The van der Waals surface area contributed by atoms with Gasteiger partial charge in [0.05, 0.1) is 13.5 Å². The molecule has 0 saturated carbocycles. The van der Waals surface area contributed by atoms with E-state index in [1.54, 1.807) is 24.0 Å². The molecule has 9 nitrogen and oxygen atoms in total. The smallest absolute Gasteiger partial charge is 0.253 e. The van der Waals surface area contributed by atoms with Crippen molar-refractivity contribution in [2.45, 2.75) is 38.6 Å². The molecule has 1 N–H and O–H groups in total. The maximum atomic E-state index is 12.7. The molecule has 0 aliphatic heterocycles. The standard InChI is InChI=1S/C24H26N6O3S/c1-15-19(16(2)30-23(27-15)28-24(29-30)34-4)12-22(31)26-13-18-5-6-20(21(11-18)32-3)33-14-17-7-9-25-10-8-17/h5-11H,12-14H2,1-4H3,(H,26,31). The number of ether oxygens (including phenoxy) is 2. The second-order valence-corrected chi connectivity index (χ2v) is 8.43. The van der Waals surface area contributed by atoms with Crippen LogP contribution in [0.1, 0.15) is 28.1 Å². The van der Waals surface area contributed by atoms with Crippen LogP contribution in [-0.2, 0) is 24.4 Å². The second-order valence-electron chi connectivity index (χ2n) is 7.65. The minimum Gasteiger partial charge on any atom is -0.493 e. The molecule has 4 aromatic rings. The van der Waals surface area contributed by atoms with Gasteiger partial charge in [-0.05, 0) is 55.5 Å². The van der Waals surface area contributed by atoms with Crippen molar-refractivity contribution < 1.29 is 14.3 Å². The summed E-state index contributed by atoms with van der Waals surface area (Å²) in [6.07, 6.45) is 5.58. The molecule has 34 heavy (non-hydrogen) atoms. The van der Waals surface area contributed by atoms with Gasteiger partial charge in [0.1, 0.15) is 6.61 Å². The van der Waals surface area contributed by atoms with Crippen LogP contribution in [0.3, 0.4) is 0 Å². The number of hydrogen-bond acceptors (Lipinski definition) is 8. The first-order valence-electron chi connectivity index (χ1n) is 10.7. The molecular weight excluding hydrogens is 452 g/mol. The van der Waals surface area contributed by atoms with Crippen molar-refractivity contribution in [3.05, 3.63) is 70.8 Å². The molecule has 3 heterocycles. The zero-order valence-electron chi connectivity index (χ0n) is 19.5. The first-order chi connectivity index (χ1) is 16.5. The number of thioether (sulfide) groups is 1. The number of amides is 1. The molecule has 0 aliphatic rings. The number of pyridine rings is 1. The first-order valence-corrected chi connectivity index (χ1v) is 11.9. The van der Waals surface area contributed by atoms with Crippen molar-refractivity contribution in [1.82, 2.24) is 29.9 Å². The number of nitrogens with zero attached hydrogens (tertiary/aromatic N) is 5. The van der Waals surface area contributed by atoms with E-state index in [-0.39, 0.29) is 12.3 Å². The summed E-state index contributed by atoms with van der Waals surface area (Å²) in [5.74, 6) is 1.69. The normalized spacial score (nSPS) is 10.9. The van der Waals surface area contributed by atoms with Crippen LogP contribution >= 0.6 is 11.8 Å². The number of carbonyl (C=O) groups excluding carboxylic acids is 1. The molecule has 0 radical (unpaired) electrons. The average Bonchev–Trinajstić information content (AvgIpc) is 3.28. The summed E-state index contributed by atoms with van der Waals surface area (Å²) in [5.41, 5.74) is 4.41. The largest absolute Gasteiger partial charge is 0.493 e. The third-order valence-electron chi connectivity index (χ3n) is 5.41. The summed E-state index contributed by atoms with van der Waals surface area (Å²) in [6, 6.07) is 9.43. The molecule has 0 atom stereocenters. The third kappa shape index (κ3) is 5.28. The Morgan fingerprint density at radius 3 is 2.62 bits per heavy atom. The second kappa shape index (κ2) is 10.5. The molecule has 1 aromatic carbocycles. The van der Waals surface area contributed by atoms with Crippen LogP contribution in [-0.4, -0.2) is 43.8 Å². The van der Waals surface area contributed by atoms with E-state index in [2.05, 4.69) is 25.4 Å². The Hall–Kier alpha value is -3.66. The summed E-state index contributed by atoms with van der Waals surface area (Å²) < 4.78 is 13.1. The van der Waals surface area contributed by atoms with Crippen LogP contribution in [0.2, 0.25) is 0 Å². The Balaban J connectivity index is 1.40. The van der Waals surface area contributed by atoms with Gasteiger partial charge in [0.2, 0.25) is 11.1 Å². The van der Waals surface area contributed by atoms with Crippen molar-refractivity contribution in [3.8, 4) is 11.5 Å². The van der Waals surface area contributed by atoms with E-state index in [4.69, 9.17) is 9.47 Å². The van der Waals surface area contributed by atoms with Crippen molar-refractivity contribution in [1.29, 1.82) is 0 Å². The van der Waals surface area contributed by atoms with Gasteiger partial charge in [-0.15, -0.1) is 5.10 Å². The molecule has 176 valence electrons. The number of aryl methyl sites for hydroxylation is 2. The van der Waals surface area contributed by atoms with Crippen molar-refractivity contribution in [2.75, 3.05) is 13.4 Å². The lowest BCUT2D eigenvalue weighted by molar-refractivity contribution is -0.120. The third-order valence-corrected chi connectivity index (χ3v) is 5.95. The number of nitrogens with one attached hydrogen (secondary N) is 1. The zero-order valence-corrected chi connectivity index (χ0v) is 20.3. The van der Waals surface area contributed by atoms with Crippen molar-refractivity contribution in [3.63, 3.8) is 0 Å². The number of carbonyl (C=O) groups is 1. The quantitative estimate of drug-likeness (QED) is 0.366. The summed E-state index contributed by atoms with van der Waals surface area (Å²) in [4.78, 5) is 25.6. The van der Waals surface area contributed by atoms with E-state index in [0.717, 1.165) is 28.1 Å². The minimum atomic E-state index is -0.102. The SMILES string of the molecule is COc1cc(CNC(=O)Cc2c(C)nc3nc(SC)nn3c2C)ccc1OCc1ccncc1. The molecule has 0 aliphatic carbocycles. The van der Waals surface area contributed by atoms with Crippen LogP contribution in [0.5, 0.6) is 11.5 Å². The van der Waals surface area contributed by atoms with Crippen LogP contribution in [0, 0.1) is 13.8 Å². The highest BCUT2D eigenvalue weighted by Gasteiger charge is 2.16. The summed E-state index contributed by atoms with van der Waals surface area (Å²) in [7, 11) is 1.60. The van der Waals surface area contributed by atoms with Crippen LogP contribution < -0.4 is 14.8 Å². The Bertz CT molecular complexity index is 1310. The summed E-state index contributed by atoms with van der Waals surface area (Å²) in [5, 5.41) is 8.07. The molecular formula is C24H26N6O3S. The fourth-order valence-corrected chi connectivity index (χ4v) is 3.87. The van der Waals surface area contributed by atoms with E-state index in [0.29, 0.717) is 35.6 Å². The molecule has 0 bridgehead atoms.